The van der Waals surface area contributed by atoms with Crippen LogP contribution in [0.3, 0.4) is 0 Å². The van der Waals surface area contributed by atoms with E-state index in [1.54, 1.807) is 0 Å². The molecule has 0 fully saturated rings. The van der Waals surface area contributed by atoms with Crippen LogP contribution in [0.15, 0.2) is 12.1 Å². The fourth-order valence-corrected chi connectivity index (χ4v) is 2.02. The highest BCUT2D eigenvalue weighted by Crippen LogP contribution is 2.36. The summed E-state index contributed by atoms with van der Waals surface area (Å²) in [6.45, 7) is 1.37. The first-order chi connectivity index (χ1) is 11.1. The fraction of sp³-hybridized carbons (Fsp3) is 0.500. The van der Waals surface area contributed by atoms with Gasteiger partial charge in [0.05, 0.1) is 22.7 Å². The molecule has 24 heavy (non-hydrogen) atoms. The zero-order chi connectivity index (χ0) is 18.5. The first-order valence-corrected chi connectivity index (χ1v) is 6.76. The van der Waals surface area contributed by atoms with Crippen LogP contribution in [-0.2, 0) is 26.8 Å². The third-order valence-electron chi connectivity index (χ3n) is 3.14. The average Bonchev–Trinajstić information content (AvgIpc) is 2.51. The van der Waals surface area contributed by atoms with E-state index in [0.29, 0.717) is 12.1 Å². The maximum absolute atomic E-state index is 13.0. The third kappa shape index (κ3) is 4.65. The normalized spacial score (nSPS) is 11.6. The lowest BCUT2D eigenvalue weighted by molar-refractivity contribution is -0.386. The predicted molar refractivity (Wildman–Crippen MR) is 75.6 cm³/mol. The number of nitro benzene ring substituents is 1. The molecule has 1 rings (SSSR count). The molecule has 0 aliphatic rings. The number of nitro groups is 1. The summed E-state index contributed by atoms with van der Waals surface area (Å²) >= 11 is 0. The molecule has 0 atom stereocenters. The van der Waals surface area contributed by atoms with E-state index in [1.807, 2.05) is 0 Å². The van der Waals surface area contributed by atoms with Crippen molar-refractivity contribution in [3.8, 4) is 0 Å². The molecule has 0 unspecified atom stereocenters. The number of methoxy groups -OCH3 is 2. The number of hydrogen-bond donors (Lipinski definition) is 0. The smallest absolute Gasteiger partial charge is 0.416 e. The van der Waals surface area contributed by atoms with Gasteiger partial charge in [-0.05, 0) is 13.0 Å². The SMILES string of the molecule is CCOC(=O)c1cc(C(F)(F)F)cc([N+](=O)[O-])c1CC(OC)OC. The Morgan fingerprint density at radius 3 is 2.29 bits per heavy atom. The Morgan fingerprint density at radius 2 is 1.88 bits per heavy atom. The number of nitrogens with zero attached hydrogens (tertiary/aromatic N) is 1. The van der Waals surface area contributed by atoms with Gasteiger partial charge >= 0.3 is 12.1 Å². The van der Waals surface area contributed by atoms with Gasteiger partial charge in [0, 0.05) is 32.3 Å². The van der Waals surface area contributed by atoms with Gasteiger partial charge in [0.15, 0.2) is 6.29 Å². The van der Waals surface area contributed by atoms with Crippen LogP contribution in [0, 0.1) is 10.1 Å². The van der Waals surface area contributed by atoms with Gasteiger partial charge in [0.2, 0.25) is 0 Å². The fourth-order valence-electron chi connectivity index (χ4n) is 2.02. The minimum absolute atomic E-state index is 0.0969. The van der Waals surface area contributed by atoms with Gasteiger partial charge < -0.3 is 14.2 Å². The maximum Gasteiger partial charge on any atom is 0.416 e. The molecule has 0 saturated heterocycles. The largest absolute Gasteiger partial charge is 0.462 e. The number of carbonyl (C=O) groups is 1. The van der Waals surface area contributed by atoms with E-state index < -0.39 is 40.2 Å². The second-order valence-electron chi connectivity index (χ2n) is 4.60. The van der Waals surface area contributed by atoms with Gasteiger partial charge in [-0.25, -0.2) is 4.79 Å². The molecular formula is C14H16F3NO6. The van der Waals surface area contributed by atoms with Crippen LogP contribution in [0.1, 0.15) is 28.4 Å². The van der Waals surface area contributed by atoms with E-state index in [2.05, 4.69) is 0 Å². The first-order valence-electron chi connectivity index (χ1n) is 6.76. The Labute approximate surface area is 135 Å². The topological polar surface area (TPSA) is 87.9 Å². The molecule has 0 amide bonds. The van der Waals surface area contributed by atoms with Crippen LogP contribution in [0.5, 0.6) is 0 Å². The quantitative estimate of drug-likeness (QED) is 0.325. The number of hydrogen-bond acceptors (Lipinski definition) is 6. The molecule has 0 aromatic heterocycles. The monoisotopic (exact) mass is 351 g/mol. The van der Waals surface area contributed by atoms with Crippen molar-refractivity contribution in [2.45, 2.75) is 25.8 Å². The summed E-state index contributed by atoms with van der Waals surface area (Å²) in [6.07, 6.45) is -6.13. The van der Waals surface area contributed by atoms with E-state index in [-0.39, 0.29) is 18.6 Å². The lowest BCUT2D eigenvalue weighted by Crippen LogP contribution is -2.21. The van der Waals surface area contributed by atoms with Crippen molar-refractivity contribution in [1.82, 2.24) is 0 Å². The van der Waals surface area contributed by atoms with Gasteiger partial charge in [-0.15, -0.1) is 0 Å². The van der Waals surface area contributed by atoms with Crippen LogP contribution in [0.2, 0.25) is 0 Å². The summed E-state index contributed by atoms with van der Waals surface area (Å²) < 4.78 is 53.4. The molecular weight excluding hydrogens is 335 g/mol. The van der Waals surface area contributed by atoms with Crippen molar-refractivity contribution in [2.24, 2.45) is 0 Å². The molecule has 0 aliphatic carbocycles. The minimum atomic E-state index is -4.85. The van der Waals surface area contributed by atoms with Gasteiger partial charge in [0.1, 0.15) is 0 Å². The number of rotatable bonds is 7. The van der Waals surface area contributed by atoms with E-state index in [0.717, 1.165) is 0 Å². The minimum Gasteiger partial charge on any atom is -0.462 e. The molecule has 0 radical (unpaired) electrons. The standard InChI is InChI=1S/C14H16F3NO6/c1-4-24-13(19)10-5-8(14(15,16)17)6-11(18(20)21)9(10)7-12(22-2)23-3/h5-6,12H,4,7H2,1-3H3. The van der Waals surface area contributed by atoms with E-state index in [1.165, 1.54) is 21.1 Å². The number of alkyl halides is 3. The van der Waals surface area contributed by atoms with Gasteiger partial charge in [-0.3, -0.25) is 10.1 Å². The zero-order valence-electron chi connectivity index (χ0n) is 13.2. The highest BCUT2D eigenvalue weighted by molar-refractivity contribution is 5.92. The highest BCUT2D eigenvalue weighted by Gasteiger charge is 2.36. The lowest BCUT2D eigenvalue weighted by atomic mass is 9.98. The Kier molecular flexibility index (Phi) is 6.67. The Hall–Kier alpha value is -2.20. The van der Waals surface area contributed by atoms with Crippen molar-refractivity contribution in [3.63, 3.8) is 0 Å². The number of carbonyl (C=O) groups excluding carboxylic acids is 1. The van der Waals surface area contributed by atoms with Crippen LogP contribution in [0.4, 0.5) is 18.9 Å². The molecule has 0 heterocycles. The van der Waals surface area contributed by atoms with Gasteiger partial charge in [0.25, 0.3) is 5.69 Å². The molecule has 0 aliphatic heterocycles. The predicted octanol–water partition coefficient (Wildman–Crippen LogP) is 2.95. The number of halogens is 3. The highest BCUT2D eigenvalue weighted by atomic mass is 19.4. The van der Waals surface area contributed by atoms with Crippen LogP contribution < -0.4 is 0 Å². The maximum atomic E-state index is 13.0. The molecule has 0 saturated carbocycles. The second kappa shape index (κ2) is 8.06. The summed E-state index contributed by atoms with van der Waals surface area (Å²) in [5, 5.41) is 11.2. The number of esters is 1. The lowest BCUT2D eigenvalue weighted by Gasteiger charge is -2.17. The van der Waals surface area contributed by atoms with Crippen molar-refractivity contribution < 1.29 is 37.1 Å². The van der Waals surface area contributed by atoms with Gasteiger partial charge in [-0.2, -0.15) is 13.2 Å². The summed E-state index contributed by atoms with van der Waals surface area (Å²) in [5.41, 5.74) is -2.96. The van der Waals surface area contributed by atoms with Crippen molar-refractivity contribution >= 4 is 11.7 Å². The van der Waals surface area contributed by atoms with Crippen LogP contribution in [0.25, 0.3) is 0 Å². The van der Waals surface area contributed by atoms with E-state index in [4.69, 9.17) is 14.2 Å². The molecule has 0 N–H and O–H groups in total. The van der Waals surface area contributed by atoms with Crippen molar-refractivity contribution in [2.75, 3.05) is 20.8 Å². The van der Waals surface area contributed by atoms with E-state index in [9.17, 15) is 28.1 Å². The number of benzene rings is 1. The zero-order valence-corrected chi connectivity index (χ0v) is 13.2. The van der Waals surface area contributed by atoms with E-state index >= 15 is 0 Å². The van der Waals surface area contributed by atoms with Gasteiger partial charge in [-0.1, -0.05) is 0 Å². The van der Waals surface area contributed by atoms with Crippen LogP contribution >= 0.6 is 0 Å². The van der Waals surface area contributed by atoms with Crippen molar-refractivity contribution in [3.05, 3.63) is 38.9 Å². The molecule has 0 bridgehead atoms. The first kappa shape index (κ1) is 19.8. The molecule has 0 spiro atoms. The van der Waals surface area contributed by atoms with Crippen molar-refractivity contribution in [1.29, 1.82) is 0 Å². The second-order valence-corrected chi connectivity index (χ2v) is 4.60. The summed E-state index contributed by atoms with van der Waals surface area (Å²) in [6, 6.07) is 0.906. The molecule has 7 nitrogen and oxygen atoms in total. The Morgan fingerprint density at radius 1 is 1.29 bits per heavy atom. The summed E-state index contributed by atoms with van der Waals surface area (Å²) in [5.74, 6) is -1.09. The Balaban J connectivity index is 3.61. The third-order valence-corrected chi connectivity index (χ3v) is 3.14. The molecule has 10 heteroatoms. The Bertz CT molecular complexity index is 613. The summed E-state index contributed by atoms with van der Waals surface area (Å²) in [7, 11) is 2.52. The number of ether oxygens (including phenoxy) is 3. The summed E-state index contributed by atoms with van der Waals surface area (Å²) in [4.78, 5) is 22.2. The average molecular weight is 351 g/mol. The molecule has 1 aromatic carbocycles. The molecule has 1 aromatic rings. The molecule has 134 valence electrons. The van der Waals surface area contributed by atoms with Crippen LogP contribution in [-0.4, -0.2) is 38.0 Å².